The molecule has 0 bridgehead atoms. The second kappa shape index (κ2) is 6.28. The molecule has 1 atom stereocenters. The standard InChI is InChI=1S/C14H20O3/c1-10(2)17-13-6-4-12(5-7-13)8-11(3)9-14(15)16/h4-7,10-11H,8-9H2,1-3H3,(H,15,16). The molecule has 3 nitrogen and oxygen atoms in total. The largest absolute Gasteiger partial charge is 0.491 e. The Hall–Kier alpha value is -1.51. The van der Waals surface area contributed by atoms with Crippen molar-refractivity contribution in [3.8, 4) is 5.75 Å². The summed E-state index contributed by atoms with van der Waals surface area (Å²) in [5.41, 5.74) is 1.15. The van der Waals surface area contributed by atoms with Crippen molar-refractivity contribution in [3.63, 3.8) is 0 Å². The number of rotatable bonds is 6. The van der Waals surface area contributed by atoms with Gasteiger partial charge in [-0.3, -0.25) is 4.79 Å². The van der Waals surface area contributed by atoms with Gasteiger partial charge in [0.1, 0.15) is 5.75 Å². The minimum atomic E-state index is -0.739. The zero-order valence-corrected chi connectivity index (χ0v) is 10.6. The maximum absolute atomic E-state index is 10.6. The molecule has 1 aromatic carbocycles. The van der Waals surface area contributed by atoms with Gasteiger partial charge in [-0.25, -0.2) is 0 Å². The molecule has 0 aliphatic rings. The average Bonchev–Trinajstić information content (AvgIpc) is 2.18. The number of hydrogen-bond donors (Lipinski definition) is 1. The van der Waals surface area contributed by atoms with Gasteiger partial charge in [0.05, 0.1) is 6.10 Å². The summed E-state index contributed by atoms with van der Waals surface area (Å²) < 4.78 is 5.54. The molecule has 0 aliphatic carbocycles. The Morgan fingerprint density at radius 3 is 2.29 bits per heavy atom. The lowest BCUT2D eigenvalue weighted by molar-refractivity contribution is -0.137. The number of carbonyl (C=O) groups is 1. The molecule has 0 saturated heterocycles. The van der Waals surface area contributed by atoms with Gasteiger partial charge in [0.25, 0.3) is 0 Å². The summed E-state index contributed by atoms with van der Waals surface area (Å²) in [6, 6.07) is 7.86. The minimum Gasteiger partial charge on any atom is -0.491 e. The van der Waals surface area contributed by atoms with Crippen LogP contribution in [0.4, 0.5) is 0 Å². The molecule has 94 valence electrons. The highest BCUT2D eigenvalue weighted by Gasteiger charge is 2.08. The van der Waals surface area contributed by atoms with Gasteiger partial charge >= 0.3 is 5.97 Å². The van der Waals surface area contributed by atoms with E-state index in [0.717, 1.165) is 17.7 Å². The van der Waals surface area contributed by atoms with E-state index >= 15 is 0 Å². The van der Waals surface area contributed by atoms with Gasteiger partial charge in [-0.05, 0) is 43.9 Å². The first-order valence-electron chi connectivity index (χ1n) is 5.94. The summed E-state index contributed by atoms with van der Waals surface area (Å²) in [5, 5.41) is 8.69. The Morgan fingerprint density at radius 1 is 1.24 bits per heavy atom. The van der Waals surface area contributed by atoms with Crippen molar-refractivity contribution in [2.75, 3.05) is 0 Å². The summed E-state index contributed by atoms with van der Waals surface area (Å²) in [6.07, 6.45) is 1.17. The van der Waals surface area contributed by atoms with Crippen LogP contribution in [0.1, 0.15) is 32.8 Å². The fourth-order valence-electron chi connectivity index (χ4n) is 1.75. The zero-order chi connectivity index (χ0) is 12.8. The molecule has 0 spiro atoms. The molecular formula is C14H20O3. The van der Waals surface area contributed by atoms with E-state index in [1.165, 1.54) is 0 Å². The number of carboxylic acid groups (broad SMARTS) is 1. The van der Waals surface area contributed by atoms with Gasteiger partial charge in [-0.1, -0.05) is 19.1 Å². The fraction of sp³-hybridized carbons (Fsp3) is 0.500. The molecule has 1 unspecified atom stereocenters. The highest BCUT2D eigenvalue weighted by Crippen LogP contribution is 2.17. The molecule has 0 saturated carbocycles. The normalized spacial score (nSPS) is 12.5. The number of benzene rings is 1. The fourth-order valence-corrected chi connectivity index (χ4v) is 1.75. The molecule has 3 heteroatoms. The van der Waals surface area contributed by atoms with Crippen LogP contribution in [0.5, 0.6) is 5.75 Å². The molecule has 0 heterocycles. The quantitative estimate of drug-likeness (QED) is 0.825. The highest BCUT2D eigenvalue weighted by atomic mass is 16.5. The molecule has 0 radical (unpaired) electrons. The van der Waals surface area contributed by atoms with Crippen LogP contribution >= 0.6 is 0 Å². The van der Waals surface area contributed by atoms with E-state index in [9.17, 15) is 4.79 Å². The first kappa shape index (κ1) is 13.6. The number of carboxylic acids is 1. The Labute approximate surface area is 102 Å². The summed E-state index contributed by atoms with van der Waals surface area (Å²) >= 11 is 0. The van der Waals surface area contributed by atoms with Gasteiger partial charge < -0.3 is 9.84 Å². The monoisotopic (exact) mass is 236 g/mol. The topological polar surface area (TPSA) is 46.5 Å². The van der Waals surface area contributed by atoms with E-state index in [1.54, 1.807) is 0 Å². The van der Waals surface area contributed by atoms with E-state index in [-0.39, 0.29) is 18.4 Å². The maximum Gasteiger partial charge on any atom is 0.303 e. The van der Waals surface area contributed by atoms with E-state index in [0.29, 0.717) is 0 Å². The molecular weight excluding hydrogens is 216 g/mol. The molecule has 1 N–H and O–H groups in total. The maximum atomic E-state index is 10.6. The predicted octanol–water partition coefficient (Wildman–Crippen LogP) is 3.13. The van der Waals surface area contributed by atoms with E-state index < -0.39 is 5.97 Å². The van der Waals surface area contributed by atoms with Crippen molar-refractivity contribution >= 4 is 5.97 Å². The third kappa shape index (κ3) is 5.38. The average molecular weight is 236 g/mol. The summed E-state index contributed by atoms with van der Waals surface area (Å²) in [4.78, 5) is 10.6. The van der Waals surface area contributed by atoms with E-state index in [2.05, 4.69) is 0 Å². The lowest BCUT2D eigenvalue weighted by Gasteiger charge is -2.11. The van der Waals surface area contributed by atoms with Crippen LogP contribution in [-0.4, -0.2) is 17.2 Å². The van der Waals surface area contributed by atoms with Gasteiger partial charge in [0.2, 0.25) is 0 Å². The van der Waals surface area contributed by atoms with Crippen LogP contribution in [0.15, 0.2) is 24.3 Å². The van der Waals surface area contributed by atoms with Crippen LogP contribution in [0.25, 0.3) is 0 Å². The summed E-state index contributed by atoms with van der Waals surface area (Å²) in [7, 11) is 0. The van der Waals surface area contributed by atoms with Crippen LogP contribution in [0.2, 0.25) is 0 Å². The summed E-state index contributed by atoms with van der Waals surface area (Å²) in [6.45, 7) is 5.93. The first-order valence-corrected chi connectivity index (χ1v) is 5.94. The van der Waals surface area contributed by atoms with E-state index in [4.69, 9.17) is 9.84 Å². The van der Waals surface area contributed by atoms with Gasteiger partial charge in [-0.15, -0.1) is 0 Å². The van der Waals surface area contributed by atoms with Crippen molar-refractivity contribution in [1.29, 1.82) is 0 Å². The predicted molar refractivity (Wildman–Crippen MR) is 67.3 cm³/mol. The van der Waals surface area contributed by atoms with Gasteiger partial charge in [0, 0.05) is 6.42 Å². The van der Waals surface area contributed by atoms with Crippen molar-refractivity contribution in [1.82, 2.24) is 0 Å². The smallest absolute Gasteiger partial charge is 0.303 e. The molecule has 0 amide bonds. The molecule has 0 aliphatic heterocycles. The number of aliphatic carboxylic acids is 1. The molecule has 1 rings (SSSR count). The van der Waals surface area contributed by atoms with Crippen LogP contribution in [-0.2, 0) is 11.2 Å². The molecule has 17 heavy (non-hydrogen) atoms. The molecule has 0 fully saturated rings. The molecule has 0 aromatic heterocycles. The number of ether oxygens (including phenoxy) is 1. The van der Waals surface area contributed by atoms with Crippen LogP contribution < -0.4 is 4.74 Å². The van der Waals surface area contributed by atoms with Crippen molar-refractivity contribution in [3.05, 3.63) is 29.8 Å². The van der Waals surface area contributed by atoms with E-state index in [1.807, 2.05) is 45.0 Å². The lowest BCUT2D eigenvalue weighted by Crippen LogP contribution is -2.07. The third-order valence-corrected chi connectivity index (χ3v) is 2.40. The van der Waals surface area contributed by atoms with Crippen LogP contribution in [0.3, 0.4) is 0 Å². The Bertz CT molecular complexity index is 354. The third-order valence-electron chi connectivity index (χ3n) is 2.40. The Kier molecular flexibility index (Phi) is 5.01. The highest BCUT2D eigenvalue weighted by molar-refractivity contribution is 5.67. The number of hydrogen-bond acceptors (Lipinski definition) is 2. The lowest BCUT2D eigenvalue weighted by atomic mass is 9.98. The van der Waals surface area contributed by atoms with Crippen molar-refractivity contribution in [2.45, 2.75) is 39.7 Å². The Morgan fingerprint density at radius 2 is 1.82 bits per heavy atom. The first-order chi connectivity index (χ1) is 7.97. The zero-order valence-electron chi connectivity index (χ0n) is 10.6. The van der Waals surface area contributed by atoms with Crippen molar-refractivity contribution < 1.29 is 14.6 Å². The van der Waals surface area contributed by atoms with Crippen LogP contribution in [0, 0.1) is 5.92 Å². The molecule has 1 aromatic rings. The van der Waals surface area contributed by atoms with Gasteiger partial charge in [-0.2, -0.15) is 0 Å². The SMILES string of the molecule is CC(CC(=O)O)Cc1ccc(OC(C)C)cc1. The Balaban J connectivity index is 2.53. The summed E-state index contributed by atoms with van der Waals surface area (Å²) in [5.74, 6) is 0.274. The van der Waals surface area contributed by atoms with Crippen molar-refractivity contribution in [2.24, 2.45) is 5.92 Å². The van der Waals surface area contributed by atoms with Gasteiger partial charge in [0.15, 0.2) is 0 Å². The second-order valence-electron chi connectivity index (χ2n) is 4.72. The second-order valence-corrected chi connectivity index (χ2v) is 4.72. The minimum absolute atomic E-state index is 0.157.